The molecule has 0 spiro atoms. The lowest BCUT2D eigenvalue weighted by Gasteiger charge is -2.09. The van der Waals surface area contributed by atoms with Crippen molar-refractivity contribution in [2.75, 3.05) is 26.0 Å². The highest BCUT2D eigenvalue weighted by molar-refractivity contribution is 7.17. The van der Waals surface area contributed by atoms with Crippen molar-refractivity contribution in [3.8, 4) is 0 Å². The van der Waals surface area contributed by atoms with Crippen LogP contribution < -0.4 is 5.32 Å². The predicted molar refractivity (Wildman–Crippen MR) is 61.0 cm³/mol. The van der Waals surface area contributed by atoms with Gasteiger partial charge in [0.05, 0.1) is 12.2 Å². The highest BCUT2D eigenvalue weighted by Gasteiger charge is 2.14. The van der Waals surface area contributed by atoms with E-state index in [9.17, 15) is 9.59 Å². The molecule has 1 amide bonds. The molecule has 0 fully saturated rings. The Morgan fingerprint density at radius 1 is 1.50 bits per heavy atom. The molecule has 7 heteroatoms. The normalized spacial score (nSPS) is 9.94. The standard InChI is InChI=1S/C9H13N3O3S/c1-5-7(8(14)15)16-9(11-5)10-4-6(13)12(2)3/h4H2,1-3H3,(H,10,11)(H,14,15). The van der Waals surface area contributed by atoms with Gasteiger partial charge in [-0.25, -0.2) is 9.78 Å². The van der Waals surface area contributed by atoms with E-state index in [1.807, 2.05) is 0 Å². The fourth-order valence-electron chi connectivity index (χ4n) is 0.980. The van der Waals surface area contributed by atoms with Crippen LogP contribution in [0.2, 0.25) is 0 Å². The topological polar surface area (TPSA) is 82.5 Å². The lowest BCUT2D eigenvalue weighted by Crippen LogP contribution is -2.28. The van der Waals surface area contributed by atoms with E-state index < -0.39 is 5.97 Å². The number of nitrogens with zero attached hydrogens (tertiary/aromatic N) is 2. The van der Waals surface area contributed by atoms with Gasteiger partial charge in [0.2, 0.25) is 5.91 Å². The highest BCUT2D eigenvalue weighted by atomic mass is 32.1. The van der Waals surface area contributed by atoms with Gasteiger partial charge in [0.15, 0.2) is 5.13 Å². The van der Waals surface area contributed by atoms with Gasteiger partial charge < -0.3 is 15.3 Å². The van der Waals surface area contributed by atoms with Crippen LogP contribution in [-0.2, 0) is 4.79 Å². The summed E-state index contributed by atoms with van der Waals surface area (Å²) in [5.74, 6) is -1.09. The largest absolute Gasteiger partial charge is 0.477 e. The first-order valence-electron chi connectivity index (χ1n) is 4.56. The quantitative estimate of drug-likeness (QED) is 0.811. The summed E-state index contributed by atoms with van der Waals surface area (Å²) in [6.07, 6.45) is 0. The maximum absolute atomic E-state index is 11.3. The molecule has 0 atom stereocenters. The van der Waals surface area contributed by atoms with E-state index in [0.29, 0.717) is 10.8 Å². The minimum atomic E-state index is -0.998. The third kappa shape index (κ3) is 2.93. The molecule has 0 aliphatic carbocycles. The smallest absolute Gasteiger partial charge is 0.347 e. The molecule has 1 aromatic heterocycles. The van der Waals surface area contributed by atoms with Gasteiger partial charge in [-0.15, -0.1) is 0 Å². The number of carboxylic acids is 1. The maximum atomic E-state index is 11.3. The van der Waals surface area contributed by atoms with Crippen LogP contribution in [0.25, 0.3) is 0 Å². The number of rotatable bonds is 4. The van der Waals surface area contributed by atoms with E-state index in [1.165, 1.54) is 4.90 Å². The highest BCUT2D eigenvalue weighted by Crippen LogP contribution is 2.21. The van der Waals surface area contributed by atoms with Crippen LogP contribution >= 0.6 is 11.3 Å². The van der Waals surface area contributed by atoms with Crippen LogP contribution in [0.4, 0.5) is 5.13 Å². The molecule has 16 heavy (non-hydrogen) atoms. The Kier molecular flexibility index (Phi) is 3.83. The Morgan fingerprint density at radius 3 is 2.56 bits per heavy atom. The summed E-state index contributed by atoms with van der Waals surface area (Å²) >= 11 is 1.03. The Hall–Kier alpha value is -1.63. The summed E-state index contributed by atoms with van der Waals surface area (Å²) in [4.78, 5) is 27.7. The minimum absolute atomic E-state index is 0.0928. The summed E-state index contributed by atoms with van der Waals surface area (Å²) in [5, 5.41) is 12.1. The number of hydrogen-bond donors (Lipinski definition) is 2. The van der Waals surface area contributed by atoms with E-state index in [2.05, 4.69) is 10.3 Å². The monoisotopic (exact) mass is 243 g/mol. The van der Waals surface area contributed by atoms with Gasteiger partial charge in [0.25, 0.3) is 0 Å². The van der Waals surface area contributed by atoms with Crippen LogP contribution in [0.3, 0.4) is 0 Å². The number of hydrogen-bond acceptors (Lipinski definition) is 5. The first-order chi connectivity index (χ1) is 7.41. The molecule has 0 radical (unpaired) electrons. The number of aryl methyl sites for hydroxylation is 1. The number of aromatic carboxylic acids is 1. The molecule has 0 aromatic carbocycles. The number of aromatic nitrogens is 1. The van der Waals surface area contributed by atoms with E-state index in [-0.39, 0.29) is 17.3 Å². The predicted octanol–water partition coefficient (Wildman–Crippen LogP) is 0.650. The molecule has 0 unspecified atom stereocenters. The summed E-state index contributed by atoms with van der Waals surface area (Å²) in [6, 6.07) is 0. The summed E-state index contributed by atoms with van der Waals surface area (Å²) in [7, 11) is 3.31. The lowest BCUT2D eigenvalue weighted by molar-refractivity contribution is -0.126. The molecule has 0 aliphatic rings. The molecule has 1 aromatic rings. The summed E-state index contributed by atoms with van der Waals surface area (Å²) < 4.78 is 0. The van der Waals surface area contributed by atoms with Gasteiger partial charge in [-0.1, -0.05) is 11.3 Å². The zero-order valence-corrected chi connectivity index (χ0v) is 10.1. The van der Waals surface area contributed by atoms with Crippen molar-refractivity contribution < 1.29 is 14.7 Å². The van der Waals surface area contributed by atoms with Crippen molar-refractivity contribution in [2.45, 2.75) is 6.92 Å². The van der Waals surface area contributed by atoms with Gasteiger partial charge in [-0.2, -0.15) is 0 Å². The number of amides is 1. The number of likely N-dealkylation sites (N-methyl/N-ethyl adjacent to an activating group) is 1. The molecule has 6 nitrogen and oxygen atoms in total. The molecule has 0 saturated carbocycles. The number of carboxylic acid groups (broad SMARTS) is 1. The third-order valence-corrected chi connectivity index (χ3v) is 2.98. The number of anilines is 1. The molecule has 1 rings (SSSR count). The molecule has 1 heterocycles. The Bertz CT molecular complexity index is 414. The SMILES string of the molecule is Cc1nc(NCC(=O)N(C)C)sc1C(=O)O. The lowest BCUT2D eigenvalue weighted by atomic mass is 10.4. The average molecular weight is 243 g/mol. The molecule has 0 saturated heterocycles. The van der Waals surface area contributed by atoms with Crippen molar-refractivity contribution in [2.24, 2.45) is 0 Å². The molecule has 0 aliphatic heterocycles. The van der Waals surface area contributed by atoms with Gasteiger partial charge in [0, 0.05) is 14.1 Å². The number of nitrogens with one attached hydrogen (secondary N) is 1. The summed E-state index contributed by atoms with van der Waals surface area (Å²) in [5.41, 5.74) is 0.456. The number of carbonyl (C=O) groups is 2. The van der Waals surface area contributed by atoms with Crippen LogP contribution in [0.1, 0.15) is 15.4 Å². The first kappa shape index (κ1) is 12.4. The van der Waals surface area contributed by atoms with Crippen LogP contribution in [0.5, 0.6) is 0 Å². The van der Waals surface area contributed by atoms with Gasteiger partial charge in [0.1, 0.15) is 4.88 Å². The second-order valence-electron chi connectivity index (χ2n) is 3.38. The summed E-state index contributed by atoms with van der Waals surface area (Å²) in [6.45, 7) is 1.73. The van der Waals surface area contributed by atoms with Crippen LogP contribution in [0, 0.1) is 6.92 Å². The van der Waals surface area contributed by atoms with Gasteiger partial charge in [-0.3, -0.25) is 4.79 Å². The minimum Gasteiger partial charge on any atom is -0.477 e. The zero-order chi connectivity index (χ0) is 12.3. The van der Waals surface area contributed by atoms with Crippen LogP contribution in [0.15, 0.2) is 0 Å². The fourth-order valence-corrected chi connectivity index (χ4v) is 1.78. The Morgan fingerprint density at radius 2 is 2.12 bits per heavy atom. The molecule has 0 bridgehead atoms. The van der Waals surface area contributed by atoms with E-state index in [0.717, 1.165) is 11.3 Å². The number of thiazole rings is 1. The average Bonchev–Trinajstić information content (AvgIpc) is 2.56. The molecule has 88 valence electrons. The van der Waals surface area contributed by atoms with E-state index in [1.54, 1.807) is 21.0 Å². The Balaban J connectivity index is 2.65. The molecular weight excluding hydrogens is 230 g/mol. The second kappa shape index (κ2) is 4.93. The van der Waals surface area contributed by atoms with Crippen molar-refractivity contribution in [3.05, 3.63) is 10.6 Å². The first-order valence-corrected chi connectivity index (χ1v) is 5.38. The van der Waals surface area contributed by atoms with E-state index in [4.69, 9.17) is 5.11 Å². The van der Waals surface area contributed by atoms with Crippen molar-refractivity contribution in [1.82, 2.24) is 9.88 Å². The molecular formula is C9H13N3O3S. The number of carbonyl (C=O) groups excluding carboxylic acids is 1. The maximum Gasteiger partial charge on any atom is 0.347 e. The zero-order valence-electron chi connectivity index (χ0n) is 9.27. The van der Waals surface area contributed by atoms with Crippen LogP contribution in [-0.4, -0.2) is 47.5 Å². The fraction of sp³-hybridized carbons (Fsp3) is 0.444. The van der Waals surface area contributed by atoms with Crippen molar-refractivity contribution in [3.63, 3.8) is 0 Å². The van der Waals surface area contributed by atoms with Crippen molar-refractivity contribution >= 4 is 28.3 Å². The van der Waals surface area contributed by atoms with Crippen molar-refractivity contribution in [1.29, 1.82) is 0 Å². The second-order valence-corrected chi connectivity index (χ2v) is 4.38. The Labute approximate surface area is 96.9 Å². The molecule has 2 N–H and O–H groups in total. The van der Waals surface area contributed by atoms with Gasteiger partial charge in [-0.05, 0) is 6.92 Å². The van der Waals surface area contributed by atoms with Gasteiger partial charge >= 0.3 is 5.97 Å². The van der Waals surface area contributed by atoms with E-state index >= 15 is 0 Å². The third-order valence-electron chi connectivity index (χ3n) is 1.88.